The average Bonchev–Trinajstić information content (AvgIpc) is 2.19. The molecule has 1 aliphatic rings. The summed E-state index contributed by atoms with van der Waals surface area (Å²) in [6, 6.07) is 7.81. The molecule has 1 aromatic rings. The van der Waals surface area contributed by atoms with Gasteiger partial charge in [0.15, 0.2) is 0 Å². The van der Waals surface area contributed by atoms with Crippen molar-refractivity contribution in [1.82, 2.24) is 5.32 Å². The minimum Gasteiger partial charge on any atom is -0.399 e. The van der Waals surface area contributed by atoms with Gasteiger partial charge in [0.1, 0.15) is 0 Å². The molecule has 0 aromatic heterocycles. The minimum atomic E-state index is 0.151. The number of amides is 1. The van der Waals surface area contributed by atoms with E-state index in [4.69, 9.17) is 5.73 Å². The number of anilines is 1. The maximum Gasteiger partial charge on any atom is 0.220 e. The highest BCUT2D eigenvalue weighted by Gasteiger charge is 2.19. The molecule has 3 nitrogen and oxygen atoms in total. The number of carbonyl (C=O) groups is 1. The van der Waals surface area contributed by atoms with Gasteiger partial charge in [0.2, 0.25) is 5.91 Å². The van der Waals surface area contributed by atoms with Crippen LogP contribution in [0.2, 0.25) is 0 Å². The Kier molecular flexibility index (Phi) is 2.39. The zero-order chi connectivity index (χ0) is 9.97. The summed E-state index contributed by atoms with van der Waals surface area (Å²) in [5.41, 5.74) is 7.59. The van der Waals surface area contributed by atoms with E-state index in [1.54, 1.807) is 0 Å². The minimum absolute atomic E-state index is 0.151. The first-order valence-electron chi connectivity index (χ1n) is 4.88. The van der Waals surface area contributed by atoms with Gasteiger partial charge in [-0.2, -0.15) is 0 Å². The molecule has 1 aliphatic heterocycles. The molecule has 1 saturated heterocycles. The van der Waals surface area contributed by atoms with Crippen LogP contribution in [0.25, 0.3) is 0 Å². The van der Waals surface area contributed by atoms with E-state index in [0.29, 0.717) is 12.3 Å². The molecule has 0 spiro atoms. The first kappa shape index (κ1) is 9.06. The van der Waals surface area contributed by atoms with Gasteiger partial charge >= 0.3 is 0 Å². The van der Waals surface area contributed by atoms with Crippen LogP contribution in [0.1, 0.15) is 24.3 Å². The van der Waals surface area contributed by atoms with Crippen molar-refractivity contribution in [3.05, 3.63) is 29.8 Å². The van der Waals surface area contributed by atoms with E-state index in [1.165, 1.54) is 5.56 Å². The Morgan fingerprint density at radius 1 is 1.29 bits per heavy atom. The molecular formula is C11H14N2O. The zero-order valence-corrected chi connectivity index (χ0v) is 7.99. The largest absolute Gasteiger partial charge is 0.399 e. The Hall–Kier alpha value is -1.51. The highest BCUT2D eigenvalue weighted by atomic mass is 16.1. The maximum atomic E-state index is 11.2. The molecule has 1 amide bonds. The van der Waals surface area contributed by atoms with Crippen molar-refractivity contribution in [3.63, 3.8) is 0 Å². The fourth-order valence-corrected chi connectivity index (χ4v) is 1.84. The van der Waals surface area contributed by atoms with Crippen LogP contribution in [0, 0.1) is 0 Å². The third-order valence-electron chi connectivity index (χ3n) is 2.65. The van der Waals surface area contributed by atoms with Gasteiger partial charge in [-0.25, -0.2) is 0 Å². The van der Waals surface area contributed by atoms with E-state index in [2.05, 4.69) is 5.32 Å². The summed E-state index contributed by atoms with van der Waals surface area (Å²) in [4.78, 5) is 11.2. The summed E-state index contributed by atoms with van der Waals surface area (Å²) >= 11 is 0. The number of nitrogens with one attached hydrogen (secondary N) is 1. The van der Waals surface area contributed by atoms with Crippen LogP contribution in [-0.2, 0) is 4.79 Å². The van der Waals surface area contributed by atoms with Crippen LogP contribution in [-0.4, -0.2) is 12.5 Å². The smallest absolute Gasteiger partial charge is 0.220 e. The number of rotatable bonds is 1. The number of nitrogens with two attached hydrogens (primary N) is 1. The van der Waals surface area contributed by atoms with Crippen LogP contribution >= 0.6 is 0 Å². The second-order valence-electron chi connectivity index (χ2n) is 3.71. The van der Waals surface area contributed by atoms with E-state index < -0.39 is 0 Å². The number of benzene rings is 1. The zero-order valence-electron chi connectivity index (χ0n) is 7.99. The fraction of sp³-hybridized carbons (Fsp3) is 0.364. The Balaban J connectivity index is 2.14. The lowest BCUT2D eigenvalue weighted by Gasteiger charge is -2.22. The molecule has 1 heterocycles. The van der Waals surface area contributed by atoms with Gasteiger partial charge in [0.25, 0.3) is 0 Å². The molecule has 14 heavy (non-hydrogen) atoms. The second-order valence-corrected chi connectivity index (χ2v) is 3.71. The Morgan fingerprint density at radius 3 is 2.64 bits per heavy atom. The highest BCUT2D eigenvalue weighted by molar-refractivity contribution is 5.77. The normalized spacial score (nSPS) is 21.7. The van der Waals surface area contributed by atoms with Gasteiger partial charge in [-0.05, 0) is 30.0 Å². The number of nitrogen functional groups attached to an aromatic ring is 1. The molecule has 1 aromatic carbocycles. The van der Waals surface area contributed by atoms with Crippen LogP contribution in [0.15, 0.2) is 24.3 Å². The number of piperidine rings is 1. The van der Waals surface area contributed by atoms with Crippen LogP contribution in [0.5, 0.6) is 0 Å². The van der Waals surface area contributed by atoms with Crippen molar-refractivity contribution in [2.45, 2.75) is 18.8 Å². The van der Waals surface area contributed by atoms with Gasteiger partial charge in [-0.1, -0.05) is 12.1 Å². The van der Waals surface area contributed by atoms with Crippen LogP contribution in [0.4, 0.5) is 5.69 Å². The maximum absolute atomic E-state index is 11.2. The average molecular weight is 190 g/mol. The lowest BCUT2D eigenvalue weighted by atomic mass is 9.90. The summed E-state index contributed by atoms with van der Waals surface area (Å²) in [6.45, 7) is 0.786. The number of hydrogen-bond acceptors (Lipinski definition) is 2. The van der Waals surface area contributed by atoms with Gasteiger partial charge in [-0.15, -0.1) is 0 Å². The van der Waals surface area contributed by atoms with Crippen molar-refractivity contribution in [3.8, 4) is 0 Å². The second kappa shape index (κ2) is 3.70. The standard InChI is InChI=1S/C11H14N2O/c12-10-3-1-8(2-4-10)9-5-6-13-11(14)7-9/h1-4,9H,5-7,12H2,(H,13,14)/t9-/m1/s1. The number of hydrogen-bond donors (Lipinski definition) is 2. The van der Waals surface area contributed by atoms with Crippen molar-refractivity contribution < 1.29 is 4.79 Å². The van der Waals surface area contributed by atoms with E-state index in [0.717, 1.165) is 18.7 Å². The molecule has 1 fully saturated rings. The predicted octanol–water partition coefficient (Wildman–Crippen LogP) is 1.26. The van der Waals surface area contributed by atoms with Crippen molar-refractivity contribution in [2.75, 3.05) is 12.3 Å². The molecule has 2 rings (SSSR count). The van der Waals surface area contributed by atoms with E-state index in [1.807, 2.05) is 24.3 Å². The fourth-order valence-electron chi connectivity index (χ4n) is 1.84. The van der Waals surface area contributed by atoms with Crippen molar-refractivity contribution in [1.29, 1.82) is 0 Å². The Labute approximate surface area is 83.3 Å². The third-order valence-corrected chi connectivity index (χ3v) is 2.65. The first-order valence-corrected chi connectivity index (χ1v) is 4.88. The Morgan fingerprint density at radius 2 is 2.00 bits per heavy atom. The van der Waals surface area contributed by atoms with Crippen molar-refractivity contribution >= 4 is 11.6 Å². The quantitative estimate of drug-likeness (QED) is 0.655. The van der Waals surface area contributed by atoms with Gasteiger partial charge in [0.05, 0.1) is 0 Å². The summed E-state index contributed by atoms with van der Waals surface area (Å²) in [6.07, 6.45) is 1.62. The van der Waals surface area contributed by atoms with E-state index in [9.17, 15) is 4.79 Å². The highest BCUT2D eigenvalue weighted by Crippen LogP contribution is 2.25. The number of carbonyl (C=O) groups excluding carboxylic acids is 1. The lowest BCUT2D eigenvalue weighted by molar-refractivity contribution is -0.122. The molecular weight excluding hydrogens is 176 g/mol. The van der Waals surface area contributed by atoms with E-state index >= 15 is 0 Å². The monoisotopic (exact) mass is 190 g/mol. The lowest BCUT2D eigenvalue weighted by Crippen LogP contribution is -2.32. The molecule has 74 valence electrons. The third kappa shape index (κ3) is 1.87. The summed E-state index contributed by atoms with van der Waals surface area (Å²) in [5.74, 6) is 0.516. The summed E-state index contributed by atoms with van der Waals surface area (Å²) < 4.78 is 0. The molecule has 3 heteroatoms. The van der Waals surface area contributed by atoms with Crippen LogP contribution in [0.3, 0.4) is 0 Å². The van der Waals surface area contributed by atoms with E-state index in [-0.39, 0.29) is 5.91 Å². The molecule has 1 atom stereocenters. The first-order chi connectivity index (χ1) is 6.75. The van der Waals surface area contributed by atoms with Gasteiger partial charge in [-0.3, -0.25) is 4.79 Å². The molecule has 0 saturated carbocycles. The molecule has 0 bridgehead atoms. The van der Waals surface area contributed by atoms with Crippen molar-refractivity contribution in [2.24, 2.45) is 0 Å². The molecule has 0 unspecified atom stereocenters. The van der Waals surface area contributed by atoms with Crippen LogP contribution < -0.4 is 11.1 Å². The predicted molar refractivity (Wildman–Crippen MR) is 55.8 cm³/mol. The topological polar surface area (TPSA) is 55.1 Å². The summed E-state index contributed by atoms with van der Waals surface area (Å²) in [5, 5.41) is 2.83. The Bertz CT molecular complexity index is 332. The van der Waals surface area contributed by atoms with Gasteiger partial charge in [0, 0.05) is 18.7 Å². The van der Waals surface area contributed by atoms with Gasteiger partial charge < -0.3 is 11.1 Å². The molecule has 0 aliphatic carbocycles. The SMILES string of the molecule is Nc1ccc([C@@H]2CCNC(=O)C2)cc1. The summed E-state index contributed by atoms with van der Waals surface area (Å²) in [7, 11) is 0. The molecule has 0 radical (unpaired) electrons. The molecule has 3 N–H and O–H groups in total.